The number of nitriles is 1. The molecule has 5 nitrogen and oxygen atoms in total. The number of halogens is 1. The number of rotatable bonds is 4. The minimum atomic E-state index is -0.355. The largest absolute Gasteiger partial charge is 0.493 e. The van der Waals surface area contributed by atoms with E-state index in [0.29, 0.717) is 29.4 Å². The number of benzene rings is 3. The normalized spacial score (nSPS) is 15.4. The van der Waals surface area contributed by atoms with Crippen molar-refractivity contribution in [3.8, 4) is 23.3 Å². The molecule has 0 saturated heterocycles. The maximum Gasteiger partial charge on any atom is 0.205 e. The molecule has 1 aliphatic rings. The molecule has 0 fully saturated rings. The van der Waals surface area contributed by atoms with Crippen LogP contribution in [0, 0.1) is 14.9 Å². The zero-order chi connectivity index (χ0) is 20.5. The molecule has 0 amide bonds. The zero-order valence-corrected chi connectivity index (χ0v) is 18.2. The monoisotopic (exact) mass is 498 g/mol. The Kier molecular flexibility index (Phi) is 5.24. The van der Waals surface area contributed by atoms with E-state index in [1.807, 2.05) is 55.5 Å². The molecule has 146 valence electrons. The lowest BCUT2D eigenvalue weighted by molar-refractivity contribution is 0.308. The summed E-state index contributed by atoms with van der Waals surface area (Å²) in [6, 6.07) is 18.2. The van der Waals surface area contributed by atoms with Crippen molar-refractivity contribution in [1.82, 2.24) is 0 Å². The summed E-state index contributed by atoms with van der Waals surface area (Å²) in [6.45, 7) is 2.47. The highest BCUT2D eigenvalue weighted by Crippen LogP contribution is 2.47. The van der Waals surface area contributed by atoms with Crippen LogP contribution in [0.5, 0.6) is 17.2 Å². The van der Waals surface area contributed by atoms with E-state index in [4.69, 9.17) is 19.9 Å². The Hall–Kier alpha value is -2.92. The van der Waals surface area contributed by atoms with E-state index in [1.165, 1.54) is 0 Å². The molecule has 0 aromatic heterocycles. The summed E-state index contributed by atoms with van der Waals surface area (Å²) in [5, 5.41) is 11.9. The molecule has 0 aliphatic carbocycles. The van der Waals surface area contributed by atoms with Crippen LogP contribution >= 0.6 is 22.6 Å². The number of hydrogen-bond acceptors (Lipinski definition) is 5. The van der Waals surface area contributed by atoms with Crippen molar-refractivity contribution in [3.63, 3.8) is 0 Å². The van der Waals surface area contributed by atoms with Crippen LogP contribution in [0.15, 0.2) is 60.0 Å². The van der Waals surface area contributed by atoms with Gasteiger partial charge in [0.15, 0.2) is 11.5 Å². The van der Waals surface area contributed by atoms with Gasteiger partial charge in [0.25, 0.3) is 0 Å². The summed E-state index contributed by atoms with van der Waals surface area (Å²) in [5.41, 5.74) is 8.37. The van der Waals surface area contributed by atoms with Gasteiger partial charge in [0.1, 0.15) is 17.4 Å². The standard InChI is InChI=1S/C23H19IN2O3/c1-3-28-22-18(24)10-14(11-19(22)27-2)20-16-9-8-13-6-4-5-7-15(13)21(16)29-23(26)17(20)12-25/h4-11,20H,3,26H2,1-2H3. The van der Waals surface area contributed by atoms with E-state index in [-0.39, 0.29) is 11.8 Å². The molecule has 0 bridgehead atoms. The highest BCUT2D eigenvalue weighted by molar-refractivity contribution is 14.1. The molecular formula is C23H19IN2O3. The Balaban J connectivity index is 1.97. The summed E-state index contributed by atoms with van der Waals surface area (Å²) < 4.78 is 18.1. The van der Waals surface area contributed by atoms with Gasteiger partial charge in [-0.15, -0.1) is 0 Å². The first-order valence-electron chi connectivity index (χ1n) is 9.18. The lowest BCUT2D eigenvalue weighted by atomic mass is 9.82. The van der Waals surface area contributed by atoms with Crippen LogP contribution in [0.1, 0.15) is 24.0 Å². The number of ether oxygens (including phenoxy) is 3. The summed E-state index contributed by atoms with van der Waals surface area (Å²) in [7, 11) is 1.61. The second-order valence-electron chi connectivity index (χ2n) is 6.60. The van der Waals surface area contributed by atoms with E-state index in [1.54, 1.807) is 7.11 Å². The third-order valence-electron chi connectivity index (χ3n) is 4.98. The molecule has 0 spiro atoms. The number of hydrogen-bond donors (Lipinski definition) is 1. The summed E-state index contributed by atoms with van der Waals surface area (Å²) >= 11 is 2.23. The van der Waals surface area contributed by atoms with Crippen LogP contribution in [0.2, 0.25) is 0 Å². The molecule has 0 radical (unpaired) electrons. The predicted molar refractivity (Wildman–Crippen MR) is 120 cm³/mol. The van der Waals surface area contributed by atoms with Crippen LogP contribution in [0.25, 0.3) is 10.8 Å². The van der Waals surface area contributed by atoms with E-state index in [0.717, 1.165) is 25.5 Å². The molecule has 0 saturated carbocycles. The van der Waals surface area contributed by atoms with Gasteiger partial charge in [0.2, 0.25) is 5.88 Å². The van der Waals surface area contributed by atoms with Gasteiger partial charge in [-0.05, 0) is 52.6 Å². The van der Waals surface area contributed by atoms with Crippen LogP contribution in [0.4, 0.5) is 0 Å². The fourth-order valence-corrected chi connectivity index (χ4v) is 4.50. The Morgan fingerprint density at radius 3 is 2.72 bits per heavy atom. The minimum absolute atomic E-state index is 0.129. The summed E-state index contributed by atoms with van der Waals surface area (Å²) in [6.07, 6.45) is 0. The summed E-state index contributed by atoms with van der Waals surface area (Å²) in [5.74, 6) is 1.78. The average molecular weight is 498 g/mol. The van der Waals surface area contributed by atoms with E-state index >= 15 is 0 Å². The number of nitrogens with zero attached hydrogens (tertiary/aromatic N) is 1. The second kappa shape index (κ2) is 7.84. The summed E-state index contributed by atoms with van der Waals surface area (Å²) in [4.78, 5) is 0. The molecule has 1 atom stereocenters. The molecule has 4 rings (SSSR count). The van der Waals surface area contributed by atoms with Gasteiger partial charge in [-0.1, -0.05) is 36.4 Å². The number of methoxy groups -OCH3 is 1. The van der Waals surface area contributed by atoms with Crippen LogP contribution in [-0.2, 0) is 0 Å². The molecule has 1 aliphatic heterocycles. The minimum Gasteiger partial charge on any atom is -0.493 e. The smallest absolute Gasteiger partial charge is 0.205 e. The second-order valence-corrected chi connectivity index (χ2v) is 7.76. The van der Waals surface area contributed by atoms with E-state index < -0.39 is 0 Å². The van der Waals surface area contributed by atoms with Gasteiger partial charge in [0.05, 0.1) is 23.2 Å². The van der Waals surface area contributed by atoms with Gasteiger partial charge < -0.3 is 19.9 Å². The number of allylic oxidation sites excluding steroid dienone is 1. The maximum atomic E-state index is 9.84. The highest BCUT2D eigenvalue weighted by Gasteiger charge is 2.32. The van der Waals surface area contributed by atoms with Crippen molar-refractivity contribution in [2.75, 3.05) is 13.7 Å². The Morgan fingerprint density at radius 1 is 1.21 bits per heavy atom. The lowest BCUT2D eigenvalue weighted by Gasteiger charge is -2.28. The first-order chi connectivity index (χ1) is 14.1. The highest BCUT2D eigenvalue weighted by atomic mass is 127. The van der Waals surface area contributed by atoms with Gasteiger partial charge in [-0.2, -0.15) is 5.26 Å². The Bertz CT molecular complexity index is 1180. The molecule has 29 heavy (non-hydrogen) atoms. The number of nitrogens with two attached hydrogens (primary N) is 1. The average Bonchev–Trinajstić information content (AvgIpc) is 2.74. The van der Waals surface area contributed by atoms with Crippen molar-refractivity contribution in [3.05, 3.63) is 74.7 Å². The van der Waals surface area contributed by atoms with Crippen LogP contribution < -0.4 is 19.9 Å². The fraction of sp³-hybridized carbons (Fsp3) is 0.174. The molecular weight excluding hydrogens is 479 g/mol. The van der Waals surface area contributed by atoms with Crippen molar-refractivity contribution in [2.45, 2.75) is 12.8 Å². The molecule has 1 unspecified atom stereocenters. The lowest BCUT2D eigenvalue weighted by Crippen LogP contribution is -2.21. The van der Waals surface area contributed by atoms with Crippen molar-refractivity contribution < 1.29 is 14.2 Å². The van der Waals surface area contributed by atoms with Crippen molar-refractivity contribution in [2.24, 2.45) is 5.73 Å². The van der Waals surface area contributed by atoms with Crippen molar-refractivity contribution in [1.29, 1.82) is 5.26 Å². The third kappa shape index (κ3) is 3.25. The molecule has 6 heteroatoms. The van der Waals surface area contributed by atoms with Crippen molar-refractivity contribution >= 4 is 33.4 Å². The quantitative estimate of drug-likeness (QED) is 0.509. The topological polar surface area (TPSA) is 77.5 Å². The van der Waals surface area contributed by atoms with Gasteiger partial charge in [-0.25, -0.2) is 0 Å². The first-order valence-corrected chi connectivity index (χ1v) is 10.3. The van der Waals surface area contributed by atoms with Gasteiger partial charge in [-0.3, -0.25) is 0 Å². The number of fused-ring (bicyclic) bond motifs is 3. The van der Waals surface area contributed by atoms with Crippen LogP contribution in [-0.4, -0.2) is 13.7 Å². The molecule has 2 N–H and O–H groups in total. The van der Waals surface area contributed by atoms with Crippen LogP contribution in [0.3, 0.4) is 0 Å². The van der Waals surface area contributed by atoms with E-state index in [9.17, 15) is 5.26 Å². The Labute approximate surface area is 182 Å². The molecule has 3 aromatic carbocycles. The molecule has 3 aromatic rings. The zero-order valence-electron chi connectivity index (χ0n) is 16.0. The van der Waals surface area contributed by atoms with E-state index in [2.05, 4.69) is 28.7 Å². The van der Waals surface area contributed by atoms with Gasteiger partial charge >= 0.3 is 0 Å². The molecule has 1 heterocycles. The predicted octanol–water partition coefficient (Wildman–Crippen LogP) is 5.07. The third-order valence-corrected chi connectivity index (χ3v) is 5.78. The Morgan fingerprint density at radius 2 is 2.00 bits per heavy atom. The fourth-order valence-electron chi connectivity index (χ4n) is 3.72. The maximum absolute atomic E-state index is 9.84. The first kappa shape index (κ1) is 19.4. The SMILES string of the molecule is CCOc1c(I)cc(C2C(C#N)=C(N)Oc3c2ccc2ccccc32)cc1OC. The van der Waals surface area contributed by atoms with Gasteiger partial charge in [0, 0.05) is 10.9 Å².